The number of carbonyl (C=O) groups is 2. The highest BCUT2D eigenvalue weighted by Gasteiger charge is 2.19. The van der Waals surface area contributed by atoms with Crippen LogP contribution in [0.25, 0.3) is 22.8 Å². The summed E-state index contributed by atoms with van der Waals surface area (Å²) in [5, 5.41) is 11.5. The van der Waals surface area contributed by atoms with E-state index in [0.29, 0.717) is 17.0 Å². The molecule has 7 nitrogen and oxygen atoms in total. The maximum atomic E-state index is 12.8. The summed E-state index contributed by atoms with van der Waals surface area (Å²) in [6, 6.07) is 23.8. The predicted octanol–water partition coefficient (Wildman–Crippen LogP) is 5.73. The van der Waals surface area contributed by atoms with Gasteiger partial charge in [0.25, 0.3) is 5.91 Å². The van der Waals surface area contributed by atoms with Crippen molar-refractivity contribution in [2.24, 2.45) is 0 Å². The molecule has 0 aliphatic carbocycles. The van der Waals surface area contributed by atoms with Crippen LogP contribution < -0.4 is 5.32 Å². The number of ether oxygens (including phenoxy) is 1. The van der Waals surface area contributed by atoms with Crippen molar-refractivity contribution < 1.29 is 18.7 Å². The number of nitrogens with zero attached hydrogens (tertiary/aromatic N) is 2. The Hall–Kier alpha value is -4.35. The molecule has 8 heteroatoms. The lowest BCUT2D eigenvalue weighted by molar-refractivity contribution is -0.119. The zero-order chi connectivity index (χ0) is 24.6. The quantitative estimate of drug-likeness (QED) is 0.252. The number of nitrogens with one attached hydrogen (secondary N) is 1. The van der Waals surface area contributed by atoms with Gasteiger partial charge in [0.05, 0.1) is 34.8 Å². The number of anilines is 1. The predicted molar refractivity (Wildman–Crippen MR) is 134 cm³/mol. The summed E-state index contributed by atoms with van der Waals surface area (Å²) in [6.07, 6.45) is 1.61. The first kappa shape index (κ1) is 23.8. The fourth-order valence-corrected chi connectivity index (χ4v) is 3.97. The molecule has 174 valence electrons. The number of nitriles is 1. The lowest BCUT2D eigenvalue weighted by atomic mass is 10.1. The Morgan fingerprint density at radius 2 is 1.80 bits per heavy atom. The molecule has 0 aliphatic heterocycles. The average molecular weight is 484 g/mol. The summed E-state index contributed by atoms with van der Waals surface area (Å²) in [5.41, 5.74) is 3.27. The Morgan fingerprint density at radius 1 is 1.06 bits per heavy atom. The number of thioether (sulfide) groups is 1. The second kappa shape index (κ2) is 11.2. The molecule has 0 saturated heterocycles. The van der Waals surface area contributed by atoms with E-state index >= 15 is 0 Å². The van der Waals surface area contributed by atoms with Crippen LogP contribution in [0.3, 0.4) is 0 Å². The summed E-state index contributed by atoms with van der Waals surface area (Å²) in [4.78, 5) is 30.3. The van der Waals surface area contributed by atoms with Crippen LogP contribution in [-0.4, -0.2) is 29.2 Å². The standard InChI is InChI=1S/C27H21N3O4S/c1-18-10-12-19(13-11-18)23-16-29-26(34-23)20-6-2-3-7-21(20)27(32)33-17-25(31)30-22-8-4-5-9-24(22)35-15-14-28/h2-13,16H,15,17H2,1H3,(H,30,31). The number of carbonyl (C=O) groups excluding carboxylic acids is 2. The summed E-state index contributed by atoms with van der Waals surface area (Å²) in [6.45, 7) is 1.54. The third kappa shape index (κ3) is 5.96. The molecule has 0 atom stereocenters. The van der Waals surface area contributed by atoms with Gasteiger partial charge in [0.15, 0.2) is 12.4 Å². The Labute approximate surface area is 206 Å². The topological polar surface area (TPSA) is 105 Å². The lowest BCUT2D eigenvalue weighted by Gasteiger charge is -2.11. The van der Waals surface area contributed by atoms with Crippen molar-refractivity contribution in [1.29, 1.82) is 5.26 Å². The average Bonchev–Trinajstić information content (AvgIpc) is 3.37. The second-order valence-corrected chi connectivity index (χ2v) is 8.53. The third-order valence-electron chi connectivity index (χ3n) is 5.01. The van der Waals surface area contributed by atoms with Crippen LogP contribution in [0.4, 0.5) is 5.69 Å². The molecule has 0 radical (unpaired) electrons. The first-order valence-corrected chi connectivity index (χ1v) is 11.7. The minimum atomic E-state index is -0.669. The maximum absolute atomic E-state index is 12.8. The maximum Gasteiger partial charge on any atom is 0.339 e. The van der Waals surface area contributed by atoms with Gasteiger partial charge >= 0.3 is 5.97 Å². The number of esters is 1. The smallest absolute Gasteiger partial charge is 0.339 e. The number of benzene rings is 3. The molecule has 35 heavy (non-hydrogen) atoms. The van der Waals surface area contributed by atoms with Gasteiger partial charge in [0.2, 0.25) is 5.89 Å². The molecule has 0 spiro atoms. The Bertz CT molecular complexity index is 1390. The minimum absolute atomic E-state index is 0.239. The number of oxazole rings is 1. The number of hydrogen-bond donors (Lipinski definition) is 1. The summed E-state index contributed by atoms with van der Waals surface area (Å²) in [5.74, 6) is -0.0430. The summed E-state index contributed by atoms with van der Waals surface area (Å²) >= 11 is 1.31. The van der Waals surface area contributed by atoms with Crippen molar-refractivity contribution >= 4 is 29.3 Å². The van der Waals surface area contributed by atoms with Gasteiger partial charge in [-0.3, -0.25) is 4.79 Å². The van der Waals surface area contributed by atoms with Crippen LogP contribution in [0.5, 0.6) is 0 Å². The van der Waals surface area contributed by atoms with Crippen molar-refractivity contribution in [2.75, 3.05) is 17.7 Å². The molecule has 1 N–H and O–H groups in total. The van der Waals surface area contributed by atoms with Crippen molar-refractivity contribution in [3.05, 3.63) is 90.1 Å². The fourth-order valence-electron chi connectivity index (χ4n) is 3.30. The number of aryl methyl sites for hydroxylation is 1. The third-order valence-corrected chi connectivity index (χ3v) is 5.95. The van der Waals surface area contributed by atoms with Gasteiger partial charge in [-0.25, -0.2) is 9.78 Å². The van der Waals surface area contributed by atoms with Crippen LogP contribution in [0.1, 0.15) is 15.9 Å². The molecule has 0 aliphatic rings. The summed E-state index contributed by atoms with van der Waals surface area (Å²) < 4.78 is 11.2. The molecule has 0 unspecified atom stereocenters. The fraction of sp³-hybridized carbons (Fsp3) is 0.111. The van der Waals surface area contributed by atoms with Crippen LogP contribution in [-0.2, 0) is 9.53 Å². The molecular formula is C27H21N3O4S. The van der Waals surface area contributed by atoms with Crippen LogP contribution in [0.15, 0.2) is 88.3 Å². The van der Waals surface area contributed by atoms with Crippen molar-refractivity contribution in [1.82, 2.24) is 4.98 Å². The van der Waals surface area contributed by atoms with E-state index in [-0.39, 0.29) is 17.2 Å². The number of para-hydroxylation sites is 1. The zero-order valence-corrected chi connectivity index (χ0v) is 19.7. The first-order chi connectivity index (χ1) is 17.0. The van der Waals surface area contributed by atoms with Crippen LogP contribution in [0.2, 0.25) is 0 Å². The number of hydrogen-bond acceptors (Lipinski definition) is 7. The first-order valence-electron chi connectivity index (χ1n) is 10.7. The second-order valence-electron chi connectivity index (χ2n) is 7.51. The van der Waals surface area contributed by atoms with Crippen LogP contribution in [0, 0.1) is 18.3 Å². The van der Waals surface area contributed by atoms with Gasteiger partial charge in [-0.2, -0.15) is 5.26 Å². The van der Waals surface area contributed by atoms with Gasteiger partial charge in [0, 0.05) is 10.5 Å². The molecule has 4 aromatic rings. The Morgan fingerprint density at radius 3 is 2.60 bits per heavy atom. The van der Waals surface area contributed by atoms with Crippen molar-refractivity contribution in [2.45, 2.75) is 11.8 Å². The van der Waals surface area contributed by atoms with E-state index in [1.807, 2.05) is 37.3 Å². The number of aromatic nitrogens is 1. The van der Waals surface area contributed by atoms with E-state index in [9.17, 15) is 9.59 Å². The van der Waals surface area contributed by atoms with Gasteiger partial charge in [-0.15, -0.1) is 11.8 Å². The van der Waals surface area contributed by atoms with E-state index in [2.05, 4.69) is 16.4 Å². The molecule has 0 bridgehead atoms. The van der Waals surface area contributed by atoms with Crippen molar-refractivity contribution in [3.8, 4) is 28.8 Å². The number of amides is 1. The van der Waals surface area contributed by atoms with E-state index < -0.39 is 18.5 Å². The van der Waals surface area contributed by atoms with E-state index in [1.54, 1.807) is 48.7 Å². The van der Waals surface area contributed by atoms with Gasteiger partial charge in [0.1, 0.15) is 0 Å². The molecule has 0 saturated carbocycles. The molecule has 1 heterocycles. The van der Waals surface area contributed by atoms with Gasteiger partial charge < -0.3 is 14.5 Å². The normalized spacial score (nSPS) is 10.4. The largest absolute Gasteiger partial charge is 0.452 e. The summed E-state index contributed by atoms with van der Waals surface area (Å²) in [7, 11) is 0. The minimum Gasteiger partial charge on any atom is -0.452 e. The molecule has 3 aromatic carbocycles. The lowest BCUT2D eigenvalue weighted by Crippen LogP contribution is -2.21. The molecule has 4 rings (SSSR count). The highest BCUT2D eigenvalue weighted by atomic mass is 32.2. The monoisotopic (exact) mass is 483 g/mol. The highest BCUT2D eigenvalue weighted by molar-refractivity contribution is 7.99. The highest BCUT2D eigenvalue weighted by Crippen LogP contribution is 2.29. The van der Waals surface area contributed by atoms with E-state index in [1.165, 1.54) is 11.8 Å². The van der Waals surface area contributed by atoms with E-state index in [0.717, 1.165) is 16.0 Å². The molecule has 1 amide bonds. The SMILES string of the molecule is Cc1ccc(-c2cnc(-c3ccccc3C(=O)OCC(=O)Nc3ccccc3SCC#N)o2)cc1. The Kier molecular flexibility index (Phi) is 7.60. The zero-order valence-electron chi connectivity index (χ0n) is 18.9. The Balaban J connectivity index is 1.44. The van der Waals surface area contributed by atoms with Gasteiger partial charge in [-0.05, 0) is 31.2 Å². The van der Waals surface area contributed by atoms with E-state index in [4.69, 9.17) is 14.4 Å². The molecule has 1 aromatic heterocycles. The van der Waals surface area contributed by atoms with Crippen LogP contribution >= 0.6 is 11.8 Å². The van der Waals surface area contributed by atoms with Gasteiger partial charge in [-0.1, -0.05) is 54.1 Å². The van der Waals surface area contributed by atoms with Crippen molar-refractivity contribution in [3.63, 3.8) is 0 Å². The molecular weight excluding hydrogens is 462 g/mol. The number of rotatable bonds is 8. The molecule has 0 fully saturated rings.